The minimum atomic E-state index is 0.134. The van der Waals surface area contributed by atoms with E-state index in [1.165, 1.54) is 0 Å². The zero-order valence-electron chi connectivity index (χ0n) is 18.1. The van der Waals surface area contributed by atoms with Crippen molar-refractivity contribution in [3.05, 3.63) is 48.4 Å². The Morgan fingerprint density at radius 3 is 2.82 bits per heavy atom. The van der Waals surface area contributed by atoms with Crippen molar-refractivity contribution in [3.8, 4) is 22.5 Å². The highest BCUT2D eigenvalue weighted by Gasteiger charge is 2.23. The normalized spacial score (nSPS) is 15.0. The third-order valence-corrected chi connectivity index (χ3v) is 7.21. The van der Waals surface area contributed by atoms with E-state index in [1.807, 2.05) is 39.5 Å². The van der Waals surface area contributed by atoms with E-state index in [0.717, 1.165) is 64.0 Å². The number of anilines is 1. The van der Waals surface area contributed by atoms with Crippen LogP contribution in [0, 0.1) is 0 Å². The summed E-state index contributed by atoms with van der Waals surface area (Å²) < 4.78 is 9.30. The topological polar surface area (TPSA) is 103 Å². The highest BCUT2D eigenvalue weighted by molar-refractivity contribution is 7.16. The van der Waals surface area contributed by atoms with Gasteiger partial charge < -0.3 is 15.1 Å². The molecule has 0 atom stereocenters. The monoisotopic (exact) mass is 458 g/mol. The molecule has 0 bridgehead atoms. The lowest BCUT2D eigenvalue weighted by molar-refractivity contribution is -0.130. The highest BCUT2D eigenvalue weighted by atomic mass is 32.1. The molecule has 0 unspecified atom stereocenters. The molecule has 1 aliphatic rings. The second-order valence-corrected chi connectivity index (χ2v) is 9.28. The molecule has 0 radical (unpaired) electrons. The molecule has 166 valence electrons. The van der Waals surface area contributed by atoms with Crippen LogP contribution in [0.15, 0.2) is 52.8 Å². The summed E-state index contributed by atoms with van der Waals surface area (Å²) in [5, 5.41) is 5.53. The Morgan fingerprint density at radius 2 is 2.00 bits per heavy atom. The molecule has 5 aromatic rings. The third-order valence-electron chi connectivity index (χ3n) is 6.40. The molecule has 1 saturated heterocycles. The molecule has 1 fully saturated rings. The molecule has 2 N–H and O–H groups in total. The summed E-state index contributed by atoms with van der Waals surface area (Å²) in [6.07, 6.45) is 7.48. The SMILES string of the molecule is CC(=O)N1CCC(n2cc(-c3cnc(N)c4oc(-c5ccc6scnc6c5)cc34)cn2)CC1. The summed E-state index contributed by atoms with van der Waals surface area (Å²) in [5.74, 6) is 1.22. The van der Waals surface area contributed by atoms with Crippen LogP contribution in [0.4, 0.5) is 5.82 Å². The lowest BCUT2D eigenvalue weighted by Gasteiger charge is -2.31. The summed E-state index contributed by atoms with van der Waals surface area (Å²) in [7, 11) is 0. The maximum absolute atomic E-state index is 11.6. The van der Waals surface area contributed by atoms with Crippen LogP contribution in [0.5, 0.6) is 0 Å². The van der Waals surface area contributed by atoms with E-state index < -0.39 is 0 Å². The van der Waals surface area contributed by atoms with E-state index in [2.05, 4.69) is 27.3 Å². The van der Waals surface area contributed by atoms with Gasteiger partial charge in [-0.15, -0.1) is 11.3 Å². The number of carbonyl (C=O) groups excluding carboxylic acids is 1. The van der Waals surface area contributed by atoms with Gasteiger partial charge in [0.1, 0.15) is 5.76 Å². The fourth-order valence-corrected chi connectivity index (χ4v) is 5.21. The van der Waals surface area contributed by atoms with Gasteiger partial charge in [0.2, 0.25) is 5.91 Å². The zero-order chi connectivity index (χ0) is 22.5. The van der Waals surface area contributed by atoms with Gasteiger partial charge in [-0.05, 0) is 37.1 Å². The zero-order valence-corrected chi connectivity index (χ0v) is 18.9. The largest absolute Gasteiger partial charge is 0.452 e. The van der Waals surface area contributed by atoms with Crippen molar-refractivity contribution < 1.29 is 9.21 Å². The number of rotatable bonds is 3. The number of nitrogens with two attached hydrogens (primary N) is 1. The number of hydrogen-bond acceptors (Lipinski definition) is 7. The van der Waals surface area contributed by atoms with E-state index in [-0.39, 0.29) is 11.9 Å². The molecule has 5 heterocycles. The van der Waals surface area contributed by atoms with Gasteiger partial charge in [0.15, 0.2) is 11.4 Å². The van der Waals surface area contributed by atoms with Gasteiger partial charge in [0.25, 0.3) is 0 Å². The lowest BCUT2D eigenvalue weighted by atomic mass is 10.0. The molecule has 8 nitrogen and oxygen atoms in total. The first-order valence-corrected chi connectivity index (χ1v) is 11.8. The number of pyridine rings is 1. The number of thiazole rings is 1. The Hall–Kier alpha value is -3.72. The average Bonchev–Trinajstić information content (AvgIpc) is 3.58. The van der Waals surface area contributed by atoms with Gasteiger partial charge in [-0.1, -0.05) is 0 Å². The van der Waals surface area contributed by atoms with Crippen molar-refractivity contribution >= 4 is 44.2 Å². The summed E-state index contributed by atoms with van der Waals surface area (Å²) in [6, 6.07) is 8.40. The van der Waals surface area contributed by atoms with Crippen LogP contribution in [0.25, 0.3) is 43.6 Å². The number of hydrogen-bond donors (Lipinski definition) is 1. The van der Waals surface area contributed by atoms with E-state index in [9.17, 15) is 4.79 Å². The van der Waals surface area contributed by atoms with Crippen LogP contribution >= 0.6 is 11.3 Å². The fourth-order valence-electron chi connectivity index (χ4n) is 4.55. The molecule has 0 spiro atoms. The van der Waals surface area contributed by atoms with Gasteiger partial charge in [-0.2, -0.15) is 5.10 Å². The highest BCUT2D eigenvalue weighted by Crippen LogP contribution is 2.37. The quantitative estimate of drug-likeness (QED) is 0.419. The van der Waals surface area contributed by atoms with Crippen molar-refractivity contribution in [2.45, 2.75) is 25.8 Å². The minimum absolute atomic E-state index is 0.134. The van der Waals surface area contributed by atoms with Crippen molar-refractivity contribution in [2.75, 3.05) is 18.8 Å². The number of nitrogen functional groups attached to an aromatic ring is 1. The van der Waals surface area contributed by atoms with Crippen LogP contribution in [-0.2, 0) is 4.79 Å². The average molecular weight is 459 g/mol. The molecule has 1 aromatic carbocycles. The summed E-state index contributed by atoms with van der Waals surface area (Å²) >= 11 is 1.61. The molecule has 6 rings (SSSR count). The number of amides is 1. The van der Waals surface area contributed by atoms with Gasteiger partial charge in [0, 0.05) is 54.5 Å². The molecule has 33 heavy (non-hydrogen) atoms. The van der Waals surface area contributed by atoms with Crippen LogP contribution in [0.2, 0.25) is 0 Å². The molecule has 0 aliphatic carbocycles. The summed E-state index contributed by atoms with van der Waals surface area (Å²) in [4.78, 5) is 22.3. The summed E-state index contributed by atoms with van der Waals surface area (Å²) in [6.45, 7) is 3.15. The van der Waals surface area contributed by atoms with E-state index >= 15 is 0 Å². The number of aromatic nitrogens is 4. The van der Waals surface area contributed by atoms with Gasteiger partial charge in [0.05, 0.1) is 28.0 Å². The first-order chi connectivity index (χ1) is 16.1. The molecule has 1 aliphatic heterocycles. The van der Waals surface area contributed by atoms with Crippen LogP contribution < -0.4 is 5.73 Å². The first-order valence-electron chi connectivity index (χ1n) is 10.9. The Labute approximate surface area is 193 Å². The van der Waals surface area contributed by atoms with Crippen molar-refractivity contribution in [1.82, 2.24) is 24.6 Å². The van der Waals surface area contributed by atoms with Gasteiger partial charge in [-0.25, -0.2) is 9.97 Å². The number of nitrogens with zero attached hydrogens (tertiary/aromatic N) is 5. The van der Waals surface area contributed by atoms with Crippen LogP contribution in [-0.4, -0.2) is 43.6 Å². The minimum Gasteiger partial charge on any atom is -0.452 e. The predicted molar refractivity (Wildman–Crippen MR) is 129 cm³/mol. The molecule has 0 saturated carbocycles. The number of furan rings is 1. The van der Waals surface area contributed by atoms with E-state index in [4.69, 9.17) is 10.2 Å². The maximum atomic E-state index is 11.6. The Kier molecular flexibility index (Phi) is 4.65. The smallest absolute Gasteiger partial charge is 0.219 e. The molecular formula is C24H22N6O2S. The van der Waals surface area contributed by atoms with Gasteiger partial charge >= 0.3 is 0 Å². The number of piperidine rings is 1. The number of carbonyl (C=O) groups is 1. The molecule has 1 amide bonds. The van der Waals surface area contributed by atoms with Crippen LogP contribution in [0.3, 0.4) is 0 Å². The Bertz CT molecular complexity index is 1490. The Balaban J connectivity index is 1.35. The summed E-state index contributed by atoms with van der Waals surface area (Å²) in [5.41, 5.74) is 12.4. The van der Waals surface area contributed by atoms with Crippen molar-refractivity contribution in [3.63, 3.8) is 0 Å². The number of benzene rings is 1. The molecule has 4 aromatic heterocycles. The van der Waals surface area contributed by atoms with Crippen LogP contribution in [0.1, 0.15) is 25.8 Å². The molecular weight excluding hydrogens is 436 g/mol. The lowest BCUT2D eigenvalue weighted by Crippen LogP contribution is -2.37. The van der Waals surface area contributed by atoms with E-state index in [1.54, 1.807) is 24.5 Å². The predicted octanol–water partition coefficient (Wildman–Crippen LogP) is 4.73. The standard InChI is InChI=1S/C24H22N6O2S/c1-14(31)29-6-4-17(5-7-29)30-12-16(10-28-30)19-11-26-24(25)23-18(19)9-21(32-23)15-2-3-22-20(8-15)27-13-33-22/h2-3,8-13,17H,4-7H2,1H3,(H2,25,26). The van der Waals surface area contributed by atoms with Gasteiger partial charge in [-0.3, -0.25) is 9.48 Å². The molecule has 9 heteroatoms. The maximum Gasteiger partial charge on any atom is 0.219 e. The number of likely N-dealkylation sites (tertiary alicyclic amines) is 1. The first kappa shape index (κ1) is 19.9. The fraction of sp³-hybridized carbons (Fsp3) is 0.250. The number of fused-ring (bicyclic) bond motifs is 2. The second-order valence-electron chi connectivity index (χ2n) is 8.39. The Morgan fingerprint density at radius 1 is 1.15 bits per heavy atom. The van der Waals surface area contributed by atoms with Crippen molar-refractivity contribution in [1.29, 1.82) is 0 Å². The van der Waals surface area contributed by atoms with Crippen molar-refractivity contribution in [2.24, 2.45) is 0 Å². The second kappa shape index (κ2) is 7.70. The third kappa shape index (κ3) is 3.45. The van der Waals surface area contributed by atoms with E-state index in [0.29, 0.717) is 11.4 Å².